The molecular formula is C24H30N8O3. The second kappa shape index (κ2) is 8.97. The van der Waals surface area contributed by atoms with Crippen LogP contribution in [0.3, 0.4) is 0 Å². The Morgan fingerprint density at radius 2 is 2.00 bits per heavy atom. The van der Waals surface area contributed by atoms with E-state index in [2.05, 4.69) is 25.8 Å². The Kier molecular flexibility index (Phi) is 5.65. The molecule has 3 aromatic rings. The van der Waals surface area contributed by atoms with Gasteiger partial charge in [0.1, 0.15) is 23.5 Å². The maximum Gasteiger partial charge on any atom is 0.328 e. The number of carbonyl (C=O) groups excluding carboxylic acids is 1. The summed E-state index contributed by atoms with van der Waals surface area (Å²) >= 11 is 0. The average molecular weight is 479 g/mol. The minimum absolute atomic E-state index is 0.0487. The summed E-state index contributed by atoms with van der Waals surface area (Å²) in [5.41, 5.74) is 3.62. The highest BCUT2D eigenvalue weighted by Gasteiger charge is 2.34. The number of carbonyl (C=O) groups is 1. The first kappa shape index (κ1) is 22.1. The lowest BCUT2D eigenvalue weighted by Crippen LogP contribution is -2.52. The van der Waals surface area contributed by atoms with E-state index < -0.39 is 0 Å². The summed E-state index contributed by atoms with van der Waals surface area (Å²) in [7, 11) is 3.61. The normalized spacial score (nSPS) is 22.7. The van der Waals surface area contributed by atoms with Gasteiger partial charge in [-0.25, -0.2) is 24.3 Å². The smallest absolute Gasteiger partial charge is 0.328 e. The highest BCUT2D eigenvalue weighted by molar-refractivity contribution is 5.94. The highest BCUT2D eigenvalue weighted by Crippen LogP contribution is 2.31. The Labute approximate surface area is 203 Å². The van der Waals surface area contributed by atoms with Gasteiger partial charge in [0.2, 0.25) is 0 Å². The molecule has 1 aliphatic carbocycles. The van der Waals surface area contributed by atoms with E-state index in [9.17, 15) is 4.79 Å². The van der Waals surface area contributed by atoms with Crippen molar-refractivity contribution in [3.63, 3.8) is 0 Å². The number of ether oxygens (including phenoxy) is 2. The molecule has 11 nitrogen and oxygen atoms in total. The Morgan fingerprint density at radius 1 is 1.14 bits per heavy atom. The van der Waals surface area contributed by atoms with Crippen molar-refractivity contribution in [2.45, 2.75) is 50.5 Å². The van der Waals surface area contributed by atoms with E-state index in [1.165, 1.54) is 10.9 Å². The van der Waals surface area contributed by atoms with Crippen LogP contribution in [0, 0.1) is 0 Å². The number of imidazole rings is 1. The second-order valence-corrected chi connectivity index (χ2v) is 9.33. The van der Waals surface area contributed by atoms with Gasteiger partial charge in [0, 0.05) is 45.1 Å². The molecule has 3 aromatic heterocycles. The summed E-state index contributed by atoms with van der Waals surface area (Å²) in [4.78, 5) is 29.4. The summed E-state index contributed by atoms with van der Waals surface area (Å²) < 4.78 is 13.2. The fourth-order valence-electron chi connectivity index (χ4n) is 5.00. The van der Waals surface area contributed by atoms with E-state index in [-0.39, 0.29) is 18.2 Å². The van der Waals surface area contributed by atoms with Gasteiger partial charge in [-0.1, -0.05) is 0 Å². The van der Waals surface area contributed by atoms with E-state index in [0.29, 0.717) is 29.7 Å². The number of fused-ring (bicyclic) bond motifs is 4. The van der Waals surface area contributed by atoms with E-state index in [1.54, 1.807) is 7.11 Å². The van der Waals surface area contributed by atoms with E-state index >= 15 is 0 Å². The molecule has 6 rings (SSSR count). The van der Waals surface area contributed by atoms with Crippen molar-refractivity contribution < 1.29 is 14.3 Å². The number of methoxy groups -OCH3 is 1. The van der Waals surface area contributed by atoms with Gasteiger partial charge >= 0.3 is 6.03 Å². The summed E-state index contributed by atoms with van der Waals surface area (Å²) in [6, 6.07) is 5.64. The van der Waals surface area contributed by atoms with Crippen LogP contribution in [0.2, 0.25) is 0 Å². The van der Waals surface area contributed by atoms with Crippen molar-refractivity contribution in [3.05, 3.63) is 30.2 Å². The number of hydrogen-bond acceptors (Lipinski definition) is 9. The van der Waals surface area contributed by atoms with Crippen LogP contribution in [-0.4, -0.2) is 71.0 Å². The first-order valence-electron chi connectivity index (χ1n) is 12.2. The standard InChI is InChI=1S/C24H30N8O3/c1-25-18-11-20-27-14-9-15(28-21(10-14)31-7-5-16(34-2)6-8-31)12-35-19-4-3-17(19)29-24(33)32-13-26-22(18)23(32)30-20/h9-11,13,16-17,19H,3-8,12H2,1-2H3,(H,29,33)(H2,25,27,30)/t17?,19-/m1/s1. The molecule has 184 valence electrons. The molecule has 2 fully saturated rings. The predicted molar refractivity (Wildman–Crippen MR) is 132 cm³/mol. The number of pyridine rings is 2. The lowest BCUT2D eigenvalue weighted by molar-refractivity contribution is -0.0335. The first-order chi connectivity index (χ1) is 17.1. The third-order valence-electron chi connectivity index (χ3n) is 7.19. The molecule has 2 aliphatic heterocycles. The molecule has 1 saturated carbocycles. The van der Waals surface area contributed by atoms with Gasteiger partial charge in [0.05, 0.1) is 36.2 Å². The maximum atomic E-state index is 13.0. The van der Waals surface area contributed by atoms with Crippen LogP contribution in [0.1, 0.15) is 31.4 Å². The minimum Gasteiger partial charge on any atom is -0.386 e. The molecule has 1 unspecified atom stereocenters. The van der Waals surface area contributed by atoms with Crippen LogP contribution >= 0.6 is 0 Å². The summed E-state index contributed by atoms with van der Waals surface area (Å²) in [6.07, 6.45) is 5.48. The van der Waals surface area contributed by atoms with Gasteiger partial charge in [0.25, 0.3) is 0 Å². The molecule has 3 aliphatic rings. The molecule has 35 heavy (non-hydrogen) atoms. The average Bonchev–Trinajstić information content (AvgIpc) is 3.29. The van der Waals surface area contributed by atoms with E-state index in [1.807, 2.05) is 25.2 Å². The van der Waals surface area contributed by atoms with Gasteiger partial charge in [-0.3, -0.25) is 0 Å². The SMILES string of the molecule is CNc1cc2nc3c1ncn3C(=O)NC1CC[C@H]1OCc1cc(cc(N3CCC(OC)CC3)n1)N2. The number of aromatic nitrogens is 4. The number of hydrogen-bond donors (Lipinski definition) is 3. The zero-order valence-electron chi connectivity index (χ0n) is 20.0. The molecule has 11 heteroatoms. The van der Waals surface area contributed by atoms with Crippen molar-refractivity contribution >= 4 is 40.2 Å². The number of anilines is 4. The number of rotatable bonds is 3. The van der Waals surface area contributed by atoms with Crippen molar-refractivity contribution in [3.8, 4) is 0 Å². The molecular weight excluding hydrogens is 448 g/mol. The van der Waals surface area contributed by atoms with Crippen LogP contribution in [0.4, 0.5) is 27.8 Å². The van der Waals surface area contributed by atoms with Gasteiger partial charge in [-0.15, -0.1) is 0 Å². The first-order valence-corrected chi connectivity index (χ1v) is 12.2. The lowest BCUT2D eigenvalue weighted by Gasteiger charge is -2.37. The molecule has 0 radical (unpaired) electrons. The van der Waals surface area contributed by atoms with Crippen LogP contribution in [0.25, 0.3) is 11.2 Å². The molecule has 1 amide bonds. The zero-order valence-corrected chi connectivity index (χ0v) is 20.0. The minimum atomic E-state index is -0.257. The van der Waals surface area contributed by atoms with Crippen LogP contribution in [0.5, 0.6) is 0 Å². The fraction of sp³-hybridized carbons (Fsp3) is 0.500. The van der Waals surface area contributed by atoms with E-state index in [4.69, 9.17) is 19.4 Å². The van der Waals surface area contributed by atoms with Gasteiger partial charge < -0.3 is 30.3 Å². The van der Waals surface area contributed by atoms with Crippen LogP contribution in [0.15, 0.2) is 24.5 Å². The van der Waals surface area contributed by atoms with Crippen molar-refractivity contribution in [1.29, 1.82) is 0 Å². The van der Waals surface area contributed by atoms with Crippen LogP contribution < -0.4 is 20.9 Å². The quantitative estimate of drug-likeness (QED) is 0.522. The molecule has 3 N–H and O–H groups in total. The molecule has 4 bridgehead atoms. The fourth-order valence-corrected chi connectivity index (χ4v) is 5.00. The Hall–Kier alpha value is -3.44. The third kappa shape index (κ3) is 4.14. The van der Waals surface area contributed by atoms with Crippen LogP contribution in [-0.2, 0) is 16.1 Å². The second-order valence-electron chi connectivity index (χ2n) is 9.33. The Bertz CT molecular complexity index is 1250. The number of nitrogens with one attached hydrogen (secondary N) is 3. The van der Waals surface area contributed by atoms with E-state index in [0.717, 1.165) is 61.7 Å². The number of nitrogens with zero attached hydrogens (tertiary/aromatic N) is 5. The summed E-state index contributed by atoms with van der Waals surface area (Å²) in [5, 5.41) is 9.68. The summed E-state index contributed by atoms with van der Waals surface area (Å²) in [6.45, 7) is 2.15. The molecule has 0 spiro atoms. The van der Waals surface area contributed by atoms with Crippen molar-refractivity contribution in [2.75, 3.05) is 42.8 Å². The number of amides is 1. The lowest BCUT2D eigenvalue weighted by atomic mass is 9.89. The molecule has 0 aromatic carbocycles. The van der Waals surface area contributed by atoms with Crippen molar-refractivity contribution in [2.24, 2.45) is 0 Å². The third-order valence-corrected chi connectivity index (χ3v) is 7.19. The van der Waals surface area contributed by atoms with Gasteiger partial charge in [0.15, 0.2) is 5.65 Å². The predicted octanol–water partition coefficient (Wildman–Crippen LogP) is 2.85. The molecule has 1 saturated heterocycles. The maximum absolute atomic E-state index is 13.0. The monoisotopic (exact) mass is 478 g/mol. The molecule has 5 heterocycles. The van der Waals surface area contributed by atoms with Gasteiger partial charge in [-0.2, -0.15) is 0 Å². The topological polar surface area (TPSA) is 118 Å². The highest BCUT2D eigenvalue weighted by atomic mass is 16.5. The Morgan fingerprint density at radius 3 is 2.74 bits per heavy atom. The summed E-state index contributed by atoms with van der Waals surface area (Å²) in [5.74, 6) is 1.52. The largest absolute Gasteiger partial charge is 0.386 e. The Balaban J connectivity index is 1.41. The van der Waals surface area contributed by atoms with Gasteiger partial charge in [-0.05, 0) is 31.7 Å². The molecule has 2 atom stereocenters. The van der Waals surface area contributed by atoms with Crippen molar-refractivity contribution in [1.82, 2.24) is 24.8 Å². The number of piperidine rings is 1. The zero-order chi connectivity index (χ0) is 23.9.